The lowest BCUT2D eigenvalue weighted by Gasteiger charge is -2.07. The summed E-state index contributed by atoms with van der Waals surface area (Å²) < 4.78 is 10.7. The predicted molar refractivity (Wildman–Crippen MR) is 61.9 cm³/mol. The van der Waals surface area contributed by atoms with E-state index in [4.69, 9.17) is 9.47 Å². The first kappa shape index (κ1) is 10.7. The van der Waals surface area contributed by atoms with Crippen molar-refractivity contribution < 1.29 is 9.47 Å². The van der Waals surface area contributed by atoms with Gasteiger partial charge in [-0.15, -0.1) is 0 Å². The molecule has 4 nitrogen and oxygen atoms in total. The Kier molecular flexibility index (Phi) is 3.19. The van der Waals surface area contributed by atoms with Gasteiger partial charge in [0.15, 0.2) is 0 Å². The highest BCUT2D eigenvalue weighted by Crippen LogP contribution is 2.24. The molecule has 0 radical (unpaired) electrons. The van der Waals surface area contributed by atoms with Crippen LogP contribution in [-0.4, -0.2) is 23.7 Å². The molecule has 0 amide bonds. The van der Waals surface area contributed by atoms with Crippen LogP contribution in [0.5, 0.6) is 11.6 Å². The maximum Gasteiger partial charge on any atom is 0.222 e. The first-order valence-corrected chi connectivity index (χ1v) is 5.26. The first-order valence-electron chi connectivity index (χ1n) is 5.26. The Bertz CT molecular complexity index is 485. The number of ether oxygens (including phenoxy) is 2. The molecule has 0 fully saturated rings. The fourth-order valence-corrected chi connectivity index (χ4v) is 1.47. The third-order valence-electron chi connectivity index (χ3n) is 2.21. The molecule has 0 aliphatic carbocycles. The quantitative estimate of drug-likeness (QED) is 0.790. The lowest BCUT2D eigenvalue weighted by Crippen LogP contribution is -1.96. The number of aromatic nitrogens is 2. The molecule has 2 heterocycles. The van der Waals surface area contributed by atoms with Crippen LogP contribution in [0.4, 0.5) is 0 Å². The lowest BCUT2D eigenvalue weighted by atomic mass is 10.2. The molecule has 0 aromatic carbocycles. The van der Waals surface area contributed by atoms with Crippen molar-refractivity contribution in [1.29, 1.82) is 0 Å². The Morgan fingerprint density at radius 2 is 2.19 bits per heavy atom. The van der Waals surface area contributed by atoms with Crippen molar-refractivity contribution in [3.8, 4) is 11.6 Å². The van der Waals surface area contributed by atoms with Gasteiger partial charge in [-0.25, -0.2) is 4.98 Å². The smallest absolute Gasteiger partial charge is 0.222 e. The highest BCUT2D eigenvalue weighted by atomic mass is 16.5. The van der Waals surface area contributed by atoms with E-state index in [1.54, 1.807) is 19.5 Å². The molecule has 0 aliphatic rings. The Hall–Kier alpha value is -1.84. The molecule has 4 heteroatoms. The van der Waals surface area contributed by atoms with Crippen LogP contribution >= 0.6 is 0 Å². The van der Waals surface area contributed by atoms with Crippen molar-refractivity contribution in [2.45, 2.75) is 13.3 Å². The molecule has 0 saturated heterocycles. The van der Waals surface area contributed by atoms with E-state index >= 15 is 0 Å². The van der Waals surface area contributed by atoms with Crippen molar-refractivity contribution in [2.75, 3.05) is 13.7 Å². The largest absolute Gasteiger partial charge is 0.492 e. The minimum atomic E-state index is 0.576. The van der Waals surface area contributed by atoms with E-state index in [1.165, 1.54) is 0 Å². The Balaban J connectivity index is 2.42. The second kappa shape index (κ2) is 4.79. The summed E-state index contributed by atoms with van der Waals surface area (Å²) in [5.41, 5.74) is 0.857. The van der Waals surface area contributed by atoms with Crippen molar-refractivity contribution in [3.05, 3.63) is 24.5 Å². The summed E-state index contributed by atoms with van der Waals surface area (Å²) in [5, 5.41) is 0.874. The second-order valence-corrected chi connectivity index (χ2v) is 3.41. The van der Waals surface area contributed by atoms with E-state index in [2.05, 4.69) is 16.9 Å². The minimum Gasteiger partial charge on any atom is -0.492 e. The van der Waals surface area contributed by atoms with Crippen LogP contribution < -0.4 is 9.47 Å². The minimum absolute atomic E-state index is 0.576. The van der Waals surface area contributed by atoms with Gasteiger partial charge < -0.3 is 9.47 Å². The summed E-state index contributed by atoms with van der Waals surface area (Å²) in [6.45, 7) is 2.76. The number of methoxy groups -OCH3 is 1. The first-order chi connectivity index (χ1) is 7.85. The molecular weight excluding hydrogens is 204 g/mol. The van der Waals surface area contributed by atoms with E-state index in [0.29, 0.717) is 12.5 Å². The van der Waals surface area contributed by atoms with Crippen molar-refractivity contribution in [1.82, 2.24) is 9.97 Å². The molecule has 0 spiro atoms. The van der Waals surface area contributed by atoms with E-state index < -0.39 is 0 Å². The van der Waals surface area contributed by atoms with Gasteiger partial charge in [-0.3, -0.25) is 4.98 Å². The Morgan fingerprint density at radius 1 is 1.31 bits per heavy atom. The van der Waals surface area contributed by atoms with Crippen LogP contribution in [-0.2, 0) is 0 Å². The summed E-state index contributed by atoms with van der Waals surface area (Å²) in [4.78, 5) is 8.43. The van der Waals surface area contributed by atoms with E-state index in [-0.39, 0.29) is 0 Å². The SMILES string of the molecule is CCCOc1cnc2ccnc(OC)c2c1. The summed E-state index contributed by atoms with van der Waals surface area (Å²) >= 11 is 0. The molecule has 0 aliphatic heterocycles. The third kappa shape index (κ3) is 2.05. The molecule has 2 aromatic rings. The van der Waals surface area contributed by atoms with Gasteiger partial charge in [0.1, 0.15) is 5.75 Å². The zero-order valence-corrected chi connectivity index (χ0v) is 9.43. The molecule has 84 valence electrons. The highest BCUT2D eigenvalue weighted by Gasteiger charge is 2.05. The number of nitrogens with zero attached hydrogens (tertiary/aromatic N) is 2. The Labute approximate surface area is 94.2 Å². The van der Waals surface area contributed by atoms with Crippen LogP contribution in [0.25, 0.3) is 10.9 Å². The monoisotopic (exact) mass is 218 g/mol. The summed E-state index contributed by atoms with van der Waals surface area (Å²) in [6, 6.07) is 3.76. The van der Waals surface area contributed by atoms with Gasteiger partial charge in [-0.2, -0.15) is 0 Å². The molecule has 0 bridgehead atoms. The molecule has 0 N–H and O–H groups in total. The molecule has 0 saturated carbocycles. The van der Waals surface area contributed by atoms with Gasteiger partial charge in [0.2, 0.25) is 5.88 Å². The molecule has 0 unspecified atom stereocenters. The van der Waals surface area contributed by atoms with Crippen LogP contribution in [0.1, 0.15) is 13.3 Å². The third-order valence-corrected chi connectivity index (χ3v) is 2.21. The highest BCUT2D eigenvalue weighted by molar-refractivity contribution is 5.84. The Morgan fingerprint density at radius 3 is 2.94 bits per heavy atom. The fourth-order valence-electron chi connectivity index (χ4n) is 1.47. The summed E-state index contributed by atoms with van der Waals surface area (Å²) in [7, 11) is 1.60. The van der Waals surface area contributed by atoms with Crippen LogP contribution in [0, 0.1) is 0 Å². The van der Waals surface area contributed by atoms with E-state index in [0.717, 1.165) is 23.1 Å². The zero-order valence-electron chi connectivity index (χ0n) is 9.43. The standard InChI is InChI=1S/C12H14N2O2/c1-3-6-16-9-7-10-11(14-8-9)4-5-13-12(10)15-2/h4-5,7-8H,3,6H2,1-2H3. The average molecular weight is 218 g/mol. The van der Waals surface area contributed by atoms with Crippen LogP contribution in [0.15, 0.2) is 24.5 Å². The summed E-state index contributed by atoms with van der Waals surface area (Å²) in [5.74, 6) is 1.33. The average Bonchev–Trinajstić information content (AvgIpc) is 2.35. The van der Waals surface area contributed by atoms with Crippen molar-refractivity contribution >= 4 is 10.9 Å². The fraction of sp³-hybridized carbons (Fsp3) is 0.333. The number of pyridine rings is 2. The number of fused-ring (bicyclic) bond motifs is 1. The second-order valence-electron chi connectivity index (χ2n) is 3.41. The van der Waals surface area contributed by atoms with E-state index in [9.17, 15) is 0 Å². The number of hydrogen-bond acceptors (Lipinski definition) is 4. The predicted octanol–water partition coefficient (Wildman–Crippen LogP) is 2.43. The molecule has 2 aromatic heterocycles. The van der Waals surface area contributed by atoms with Crippen LogP contribution in [0.3, 0.4) is 0 Å². The molecule has 2 rings (SSSR count). The topological polar surface area (TPSA) is 44.2 Å². The number of hydrogen-bond donors (Lipinski definition) is 0. The van der Waals surface area contributed by atoms with Crippen molar-refractivity contribution in [2.24, 2.45) is 0 Å². The summed E-state index contributed by atoms with van der Waals surface area (Å²) in [6.07, 6.45) is 4.38. The van der Waals surface area contributed by atoms with Gasteiger partial charge in [-0.1, -0.05) is 6.92 Å². The maximum absolute atomic E-state index is 5.52. The maximum atomic E-state index is 5.52. The lowest BCUT2D eigenvalue weighted by molar-refractivity contribution is 0.316. The normalized spacial score (nSPS) is 10.4. The molecular formula is C12H14N2O2. The zero-order chi connectivity index (χ0) is 11.4. The van der Waals surface area contributed by atoms with Crippen molar-refractivity contribution in [3.63, 3.8) is 0 Å². The van der Waals surface area contributed by atoms with E-state index in [1.807, 2.05) is 12.1 Å². The van der Waals surface area contributed by atoms with Gasteiger partial charge in [-0.05, 0) is 18.6 Å². The molecule has 0 atom stereocenters. The van der Waals surface area contributed by atoms with Gasteiger partial charge >= 0.3 is 0 Å². The van der Waals surface area contributed by atoms with Gasteiger partial charge in [0, 0.05) is 6.20 Å². The van der Waals surface area contributed by atoms with Gasteiger partial charge in [0.05, 0.1) is 30.8 Å². The number of rotatable bonds is 4. The van der Waals surface area contributed by atoms with Gasteiger partial charge in [0.25, 0.3) is 0 Å². The molecule has 16 heavy (non-hydrogen) atoms. The van der Waals surface area contributed by atoms with Crippen LogP contribution in [0.2, 0.25) is 0 Å².